The number of halogens is 1. The van der Waals surface area contributed by atoms with Crippen LogP contribution in [0, 0.1) is 0 Å². The summed E-state index contributed by atoms with van der Waals surface area (Å²) in [5, 5.41) is 0. The van der Waals surface area contributed by atoms with E-state index in [4.69, 9.17) is 11.6 Å². The summed E-state index contributed by atoms with van der Waals surface area (Å²) < 4.78 is 4.56. The molecule has 0 spiro atoms. The molecule has 1 unspecified atom stereocenters. The highest BCUT2D eigenvalue weighted by Gasteiger charge is 1.90. The molecule has 0 saturated carbocycles. The average Bonchev–Trinajstić information content (AvgIpc) is 2.16. The van der Waals surface area contributed by atoms with E-state index in [9.17, 15) is 4.79 Å². The van der Waals surface area contributed by atoms with E-state index in [0.29, 0.717) is 6.61 Å². The normalized spacial score (nSPS) is 9.54. The van der Waals surface area contributed by atoms with Gasteiger partial charge in [-0.1, -0.05) is 19.8 Å². The quantitative estimate of drug-likeness (QED) is 0.404. The average molecular weight is 227 g/mol. The Labute approximate surface area is 88.2 Å². The van der Waals surface area contributed by atoms with Gasteiger partial charge in [0.25, 0.3) is 0 Å². The van der Waals surface area contributed by atoms with Gasteiger partial charge in [0.15, 0.2) is 0 Å². The molecule has 0 aromatic rings. The van der Waals surface area contributed by atoms with Crippen LogP contribution in [0.25, 0.3) is 0 Å². The second kappa shape index (κ2) is 14.7. The lowest BCUT2D eigenvalue weighted by molar-refractivity contribution is 0.181. The minimum absolute atomic E-state index is 0.0949. The summed E-state index contributed by atoms with van der Waals surface area (Å²) in [7, 11) is 0.277. The third-order valence-corrected chi connectivity index (χ3v) is 2.04. The van der Waals surface area contributed by atoms with Crippen LogP contribution in [0.2, 0.25) is 0 Å². The zero-order chi connectivity index (χ0) is 10.5. The Bertz CT molecular complexity index is 106. The van der Waals surface area contributed by atoms with E-state index in [1.165, 1.54) is 19.3 Å². The molecule has 0 aliphatic heterocycles. The monoisotopic (exact) mass is 226 g/mol. The Kier molecular flexibility index (Phi) is 17.7. The molecule has 0 amide bonds. The summed E-state index contributed by atoms with van der Waals surface area (Å²) in [5.41, 5.74) is -0.0949. The molecule has 0 aliphatic carbocycles. The van der Waals surface area contributed by atoms with Crippen LogP contribution in [0.3, 0.4) is 0 Å². The minimum atomic E-state index is -0.0949. The van der Waals surface area contributed by atoms with E-state index >= 15 is 0 Å². The fourth-order valence-corrected chi connectivity index (χ4v) is 1.03. The topological polar surface area (TPSA) is 26.3 Å². The van der Waals surface area contributed by atoms with Crippen LogP contribution in [0.15, 0.2) is 0 Å². The van der Waals surface area contributed by atoms with Crippen molar-refractivity contribution in [2.45, 2.75) is 33.1 Å². The number of unbranched alkanes of at least 4 members (excludes halogenated alkanes) is 2. The predicted molar refractivity (Wildman–Crippen MR) is 61.5 cm³/mol. The van der Waals surface area contributed by atoms with Crippen molar-refractivity contribution in [1.29, 1.82) is 0 Å². The molecule has 80 valence electrons. The minimum Gasteiger partial charge on any atom is -0.463 e. The molecule has 0 aromatic heterocycles. The summed E-state index contributed by atoms with van der Waals surface area (Å²) in [6.07, 6.45) is 3.73. The van der Waals surface area contributed by atoms with E-state index < -0.39 is 0 Å². The standard InChI is InChI=1S/C5H11Cl.C4H9O2P/c1-2-3-4-5-6;1-3-6-4(5)7-2/h2-5H2,1H3;7H,3H2,1-2H3. The van der Waals surface area contributed by atoms with Gasteiger partial charge in [-0.3, -0.25) is 0 Å². The third kappa shape index (κ3) is 18.9. The van der Waals surface area contributed by atoms with E-state index in [-0.39, 0.29) is 14.3 Å². The molecular weight excluding hydrogens is 207 g/mol. The maximum absolute atomic E-state index is 10.2. The zero-order valence-corrected chi connectivity index (χ0v) is 10.5. The number of hydrogen-bond donors (Lipinski definition) is 0. The largest absolute Gasteiger partial charge is 0.463 e. The van der Waals surface area contributed by atoms with Gasteiger partial charge >= 0.3 is 5.71 Å². The number of carbonyl (C=O) groups excluding carboxylic acids is 1. The second-order valence-corrected chi connectivity index (χ2v) is 3.65. The molecular formula is C9H20ClO2P. The summed E-state index contributed by atoms with van der Waals surface area (Å²) in [5.74, 6) is 0.827. The number of alkyl halides is 1. The van der Waals surface area contributed by atoms with Crippen molar-refractivity contribution in [3.8, 4) is 0 Å². The maximum atomic E-state index is 10.2. The van der Waals surface area contributed by atoms with Gasteiger partial charge in [0, 0.05) is 5.88 Å². The lowest BCUT2D eigenvalue weighted by Gasteiger charge is -1.93. The molecule has 13 heavy (non-hydrogen) atoms. The van der Waals surface area contributed by atoms with Crippen molar-refractivity contribution >= 4 is 25.9 Å². The molecule has 0 heterocycles. The van der Waals surface area contributed by atoms with Gasteiger partial charge in [-0.25, -0.2) is 4.79 Å². The number of ether oxygens (including phenoxy) is 1. The highest BCUT2D eigenvalue weighted by atomic mass is 35.5. The molecule has 0 aromatic carbocycles. The van der Waals surface area contributed by atoms with Gasteiger partial charge < -0.3 is 4.74 Å². The van der Waals surface area contributed by atoms with Gasteiger partial charge in [-0.05, 0) is 28.6 Å². The van der Waals surface area contributed by atoms with Crippen molar-refractivity contribution in [3.63, 3.8) is 0 Å². The molecule has 0 fully saturated rings. The van der Waals surface area contributed by atoms with Crippen LogP contribution in [0.4, 0.5) is 4.79 Å². The Morgan fingerprint density at radius 3 is 2.15 bits per heavy atom. The highest BCUT2D eigenvalue weighted by Crippen LogP contribution is 2.05. The first kappa shape index (κ1) is 15.7. The van der Waals surface area contributed by atoms with Crippen molar-refractivity contribution in [3.05, 3.63) is 0 Å². The smallest absolute Gasteiger partial charge is 0.322 e. The van der Waals surface area contributed by atoms with Crippen molar-refractivity contribution in [2.75, 3.05) is 19.2 Å². The fraction of sp³-hybridized carbons (Fsp3) is 0.889. The molecule has 4 heteroatoms. The van der Waals surface area contributed by atoms with Crippen molar-refractivity contribution in [1.82, 2.24) is 0 Å². The Morgan fingerprint density at radius 2 is 2.00 bits per heavy atom. The zero-order valence-electron chi connectivity index (χ0n) is 8.73. The molecule has 0 saturated heterocycles. The Hall–Kier alpha value is 0.190. The lowest BCUT2D eigenvalue weighted by atomic mass is 10.3. The van der Waals surface area contributed by atoms with Gasteiger partial charge in [-0.2, -0.15) is 0 Å². The van der Waals surface area contributed by atoms with Gasteiger partial charge in [0.2, 0.25) is 0 Å². The first-order chi connectivity index (χ1) is 6.22. The highest BCUT2D eigenvalue weighted by molar-refractivity contribution is 7.56. The molecule has 0 aliphatic rings. The molecule has 0 bridgehead atoms. The van der Waals surface area contributed by atoms with Crippen LogP contribution in [-0.2, 0) is 4.74 Å². The number of rotatable bonds is 5. The van der Waals surface area contributed by atoms with Crippen LogP contribution < -0.4 is 0 Å². The molecule has 0 radical (unpaired) electrons. The van der Waals surface area contributed by atoms with Gasteiger partial charge in [-0.15, -0.1) is 11.6 Å². The molecule has 0 N–H and O–H groups in total. The Morgan fingerprint density at radius 1 is 1.38 bits per heavy atom. The van der Waals surface area contributed by atoms with Crippen LogP contribution in [-0.4, -0.2) is 24.9 Å². The van der Waals surface area contributed by atoms with Crippen molar-refractivity contribution < 1.29 is 9.53 Å². The summed E-state index contributed by atoms with van der Waals surface area (Å²) >= 11 is 5.38. The van der Waals surface area contributed by atoms with Gasteiger partial charge in [0.1, 0.15) is 0 Å². The first-order valence-electron chi connectivity index (χ1n) is 4.63. The fourth-order valence-electron chi connectivity index (χ4n) is 0.548. The Balaban J connectivity index is 0. The molecule has 0 rings (SSSR count). The van der Waals surface area contributed by atoms with Crippen molar-refractivity contribution in [2.24, 2.45) is 0 Å². The summed E-state index contributed by atoms with van der Waals surface area (Å²) in [6, 6.07) is 0. The lowest BCUT2D eigenvalue weighted by Crippen LogP contribution is -1.91. The summed E-state index contributed by atoms with van der Waals surface area (Å²) in [6.45, 7) is 6.28. The predicted octanol–water partition coefficient (Wildman–Crippen LogP) is 3.87. The van der Waals surface area contributed by atoms with E-state index in [1.54, 1.807) is 13.6 Å². The van der Waals surface area contributed by atoms with Gasteiger partial charge in [0.05, 0.1) is 6.61 Å². The van der Waals surface area contributed by atoms with E-state index in [1.807, 2.05) is 0 Å². The number of hydrogen-bond acceptors (Lipinski definition) is 2. The first-order valence-corrected chi connectivity index (χ1v) is 6.66. The molecule has 1 atom stereocenters. The SMILES string of the molecule is CCCCCCl.CCOC(=O)PC. The van der Waals surface area contributed by atoms with Crippen LogP contribution in [0.1, 0.15) is 33.1 Å². The van der Waals surface area contributed by atoms with E-state index in [0.717, 1.165) is 5.88 Å². The summed E-state index contributed by atoms with van der Waals surface area (Å²) in [4.78, 5) is 10.2. The maximum Gasteiger partial charge on any atom is 0.322 e. The van der Waals surface area contributed by atoms with Crippen LogP contribution >= 0.6 is 20.2 Å². The van der Waals surface area contributed by atoms with E-state index in [2.05, 4.69) is 11.7 Å². The third-order valence-electron chi connectivity index (χ3n) is 1.22. The van der Waals surface area contributed by atoms with Crippen LogP contribution in [0.5, 0.6) is 0 Å². The molecule has 2 nitrogen and oxygen atoms in total. The number of carbonyl (C=O) groups is 1. The second-order valence-electron chi connectivity index (χ2n) is 2.37.